The second-order valence-corrected chi connectivity index (χ2v) is 3.12. The number of anilines is 1. The Hall–Kier alpha value is -1.16. The maximum Gasteiger partial charge on any atom is 0.151 e. The van der Waals surface area contributed by atoms with E-state index in [0.717, 1.165) is 24.5 Å². The number of aryl methyl sites for hydroxylation is 1. The van der Waals surface area contributed by atoms with Gasteiger partial charge in [0, 0.05) is 20.1 Å². The van der Waals surface area contributed by atoms with E-state index in [-0.39, 0.29) is 0 Å². The van der Waals surface area contributed by atoms with E-state index in [1.54, 1.807) is 6.20 Å². The second kappa shape index (κ2) is 4.77. The van der Waals surface area contributed by atoms with Crippen LogP contribution < -0.4 is 10.2 Å². The number of rotatable bonds is 4. The van der Waals surface area contributed by atoms with Crippen LogP contribution in [-0.2, 0) is 0 Å². The maximum atomic E-state index is 4.04. The summed E-state index contributed by atoms with van der Waals surface area (Å²) in [6.07, 6.45) is 1.76. The molecule has 0 radical (unpaired) electrons. The molecular weight excluding hydrogens is 164 g/mol. The van der Waals surface area contributed by atoms with E-state index in [4.69, 9.17) is 0 Å². The van der Waals surface area contributed by atoms with Gasteiger partial charge in [0.15, 0.2) is 5.82 Å². The molecular formula is C9H16N4. The van der Waals surface area contributed by atoms with Crippen molar-refractivity contribution in [1.82, 2.24) is 15.5 Å². The first-order valence-electron chi connectivity index (χ1n) is 4.39. The van der Waals surface area contributed by atoms with Gasteiger partial charge in [0.1, 0.15) is 0 Å². The molecule has 0 amide bonds. The lowest BCUT2D eigenvalue weighted by Gasteiger charge is -2.16. The lowest BCUT2D eigenvalue weighted by atomic mass is 10.3. The highest BCUT2D eigenvalue weighted by Gasteiger charge is 2.01. The second-order valence-electron chi connectivity index (χ2n) is 3.12. The summed E-state index contributed by atoms with van der Waals surface area (Å²) in [6, 6.07) is 2.03. The third-order valence-corrected chi connectivity index (χ3v) is 1.87. The van der Waals surface area contributed by atoms with E-state index in [9.17, 15) is 0 Å². The summed E-state index contributed by atoms with van der Waals surface area (Å²) < 4.78 is 0. The molecule has 0 saturated heterocycles. The number of hydrogen-bond acceptors (Lipinski definition) is 4. The Bertz CT molecular complexity index is 262. The highest BCUT2D eigenvalue weighted by Crippen LogP contribution is 2.07. The monoisotopic (exact) mass is 180 g/mol. The molecule has 0 saturated carbocycles. The Morgan fingerprint density at radius 1 is 1.54 bits per heavy atom. The number of aromatic nitrogens is 2. The molecule has 0 fully saturated rings. The van der Waals surface area contributed by atoms with Crippen LogP contribution >= 0.6 is 0 Å². The highest BCUT2D eigenvalue weighted by atomic mass is 15.2. The van der Waals surface area contributed by atoms with Crippen molar-refractivity contribution in [1.29, 1.82) is 0 Å². The van der Waals surface area contributed by atoms with Crippen LogP contribution in [0.25, 0.3) is 0 Å². The SMILES string of the molecule is CNCCN(C)c1cc(C)cnn1. The number of hydrogen-bond donors (Lipinski definition) is 1. The van der Waals surface area contributed by atoms with Crippen LogP contribution in [0.15, 0.2) is 12.3 Å². The summed E-state index contributed by atoms with van der Waals surface area (Å²) in [7, 11) is 3.95. The Morgan fingerprint density at radius 2 is 2.31 bits per heavy atom. The van der Waals surface area contributed by atoms with Gasteiger partial charge in [0.2, 0.25) is 0 Å². The molecule has 1 heterocycles. The van der Waals surface area contributed by atoms with Gasteiger partial charge in [-0.25, -0.2) is 0 Å². The lowest BCUT2D eigenvalue weighted by Crippen LogP contribution is -2.27. The van der Waals surface area contributed by atoms with Crippen molar-refractivity contribution >= 4 is 5.82 Å². The van der Waals surface area contributed by atoms with Gasteiger partial charge in [-0.1, -0.05) is 0 Å². The molecule has 0 atom stereocenters. The van der Waals surface area contributed by atoms with E-state index >= 15 is 0 Å². The smallest absolute Gasteiger partial charge is 0.151 e. The van der Waals surface area contributed by atoms with Crippen molar-refractivity contribution in [2.24, 2.45) is 0 Å². The summed E-state index contributed by atoms with van der Waals surface area (Å²) in [5.41, 5.74) is 1.14. The number of likely N-dealkylation sites (N-methyl/N-ethyl adjacent to an activating group) is 2. The molecule has 0 aliphatic rings. The molecule has 4 nitrogen and oxygen atoms in total. The first-order valence-corrected chi connectivity index (χ1v) is 4.39. The fourth-order valence-electron chi connectivity index (χ4n) is 1.03. The van der Waals surface area contributed by atoms with Crippen LogP contribution in [-0.4, -0.2) is 37.4 Å². The first kappa shape index (κ1) is 9.92. The van der Waals surface area contributed by atoms with Crippen LogP contribution in [0.5, 0.6) is 0 Å². The Balaban J connectivity index is 2.60. The standard InChI is InChI=1S/C9H16N4/c1-8-6-9(12-11-7-8)13(3)5-4-10-2/h6-7,10H,4-5H2,1-3H3. The summed E-state index contributed by atoms with van der Waals surface area (Å²) in [5, 5.41) is 11.0. The first-order chi connectivity index (χ1) is 6.24. The van der Waals surface area contributed by atoms with Gasteiger partial charge in [-0.3, -0.25) is 0 Å². The number of nitrogens with one attached hydrogen (secondary N) is 1. The van der Waals surface area contributed by atoms with Crippen LogP contribution in [0.1, 0.15) is 5.56 Å². The fraction of sp³-hybridized carbons (Fsp3) is 0.556. The molecule has 72 valence electrons. The van der Waals surface area contributed by atoms with Gasteiger partial charge in [-0.2, -0.15) is 5.10 Å². The van der Waals surface area contributed by atoms with Crippen molar-refractivity contribution < 1.29 is 0 Å². The van der Waals surface area contributed by atoms with Gasteiger partial charge in [0.25, 0.3) is 0 Å². The molecule has 1 aromatic rings. The van der Waals surface area contributed by atoms with E-state index in [1.807, 2.05) is 27.1 Å². The molecule has 0 aliphatic carbocycles. The summed E-state index contributed by atoms with van der Waals surface area (Å²) in [6.45, 7) is 3.91. The molecule has 0 aliphatic heterocycles. The fourth-order valence-corrected chi connectivity index (χ4v) is 1.03. The van der Waals surface area contributed by atoms with Gasteiger partial charge < -0.3 is 10.2 Å². The average Bonchev–Trinajstić information content (AvgIpc) is 2.14. The molecule has 1 aromatic heterocycles. The van der Waals surface area contributed by atoms with Crippen LogP contribution in [0.2, 0.25) is 0 Å². The van der Waals surface area contributed by atoms with Crippen LogP contribution in [0, 0.1) is 6.92 Å². The van der Waals surface area contributed by atoms with Crippen molar-refractivity contribution in [2.45, 2.75) is 6.92 Å². The quantitative estimate of drug-likeness (QED) is 0.730. The molecule has 0 aromatic carbocycles. The maximum absolute atomic E-state index is 4.04. The van der Waals surface area contributed by atoms with Crippen molar-refractivity contribution in [3.63, 3.8) is 0 Å². The van der Waals surface area contributed by atoms with E-state index in [1.165, 1.54) is 0 Å². The van der Waals surface area contributed by atoms with Gasteiger partial charge in [0.05, 0.1) is 6.20 Å². The molecule has 0 spiro atoms. The topological polar surface area (TPSA) is 41.0 Å². The molecule has 0 unspecified atom stereocenters. The van der Waals surface area contributed by atoms with E-state index in [2.05, 4.69) is 20.4 Å². The van der Waals surface area contributed by atoms with Crippen molar-refractivity contribution in [3.05, 3.63) is 17.8 Å². The average molecular weight is 180 g/mol. The summed E-state index contributed by atoms with van der Waals surface area (Å²) in [5.74, 6) is 0.926. The minimum atomic E-state index is 0.926. The molecule has 0 bridgehead atoms. The van der Waals surface area contributed by atoms with Crippen LogP contribution in [0.4, 0.5) is 5.82 Å². The van der Waals surface area contributed by atoms with Gasteiger partial charge in [-0.15, -0.1) is 5.10 Å². The Morgan fingerprint density at radius 3 is 2.92 bits per heavy atom. The van der Waals surface area contributed by atoms with Gasteiger partial charge >= 0.3 is 0 Å². The lowest BCUT2D eigenvalue weighted by molar-refractivity contribution is 0.755. The zero-order valence-electron chi connectivity index (χ0n) is 8.41. The summed E-state index contributed by atoms with van der Waals surface area (Å²) in [4.78, 5) is 2.08. The molecule has 1 rings (SSSR count). The Kier molecular flexibility index (Phi) is 3.64. The molecule has 1 N–H and O–H groups in total. The number of nitrogens with zero attached hydrogens (tertiary/aromatic N) is 3. The normalized spacial score (nSPS) is 10.1. The molecule has 13 heavy (non-hydrogen) atoms. The van der Waals surface area contributed by atoms with Crippen molar-refractivity contribution in [2.75, 3.05) is 32.1 Å². The van der Waals surface area contributed by atoms with Gasteiger partial charge in [-0.05, 0) is 25.6 Å². The minimum Gasteiger partial charge on any atom is -0.357 e. The summed E-state index contributed by atoms with van der Waals surface area (Å²) >= 11 is 0. The highest BCUT2D eigenvalue weighted by molar-refractivity contribution is 5.37. The zero-order valence-corrected chi connectivity index (χ0v) is 8.41. The zero-order chi connectivity index (χ0) is 9.68. The minimum absolute atomic E-state index is 0.926. The predicted molar refractivity (Wildman–Crippen MR) is 54.0 cm³/mol. The van der Waals surface area contributed by atoms with Crippen LogP contribution in [0.3, 0.4) is 0 Å². The Labute approximate surface area is 79.0 Å². The van der Waals surface area contributed by atoms with E-state index < -0.39 is 0 Å². The third kappa shape index (κ3) is 2.99. The predicted octanol–water partition coefficient (Wildman–Crippen LogP) is 0.441. The molecule has 4 heteroatoms. The largest absolute Gasteiger partial charge is 0.357 e. The van der Waals surface area contributed by atoms with E-state index in [0.29, 0.717) is 0 Å². The third-order valence-electron chi connectivity index (χ3n) is 1.87. The van der Waals surface area contributed by atoms with Crippen molar-refractivity contribution in [3.8, 4) is 0 Å².